The lowest BCUT2D eigenvalue weighted by molar-refractivity contribution is -0.141. The number of carbonyl (C=O) groups excluding carboxylic acids is 2. The molecular formula is C31H36F3N5O5. The summed E-state index contributed by atoms with van der Waals surface area (Å²) in [5.41, 5.74) is 0.455. The lowest BCUT2D eigenvalue weighted by Crippen LogP contribution is -2.37. The second-order valence-corrected chi connectivity index (χ2v) is 11.3. The molecule has 10 nitrogen and oxygen atoms in total. The van der Waals surface area contributed by atoms with Crippen LogP contribution < -0.4 is 15.1 Å². The van der Waals surface area contributed by atoms with Gasteiger partial charge in [-0.15, -0.1) is 0 Å². The molecule has 1 aliphatic carbocycles. The molecule has 0 bridgehead atoms. The van der Waals surface area contributed by atoms with E-state index in [4.69, 9.17) is 13.9 Å². The fourth-order valence-corrected chi connectivity index (χ4v) is 5.50. The van der Waals surface area contributed by atoms with Crippen molar-refractivity contribution >= 4 is 29.4 Å². The Hall–Kier alpha value is -4.13. The van der Waals surface area contributed by atoms with Crippen molar-refractivity contribution in [3.8, 4) is 0 Å². The van der Waals surface area contributed by atoms with Crippen molar-refractivity contribution in [3.63, 3.8) is 0 Å². The first-order valence-corrected chi connectivity index (χ1v) is 14.7. The number of anilines is 3. The lowest BCUT2D eigenvalue weighted by Gasteiger charge is -2.32. The van der Waals surface area contributed by atoms with E-state index in [-0.39, 0.29) is 29.7 Å². The van der Waals surface area contributed by atoms with Crippen molar-refractivity contribution < 1.29 is 36.7 Å². The lowest BCUT2D eigenvalue weighted by atomic mass is 10.0. The molecular weight excluding hydrogens is 579 g/mol. The number of hydrogen-bond donors (Lipinski definition) is 1. The normalized spacial score (nSPS) is 19.7. The highest BCUT2D eigenvalue weighted by Crippen LogP contribution is 2.35. The largest absolute Gasteiger partial charge is 0.466 e. The van der Waals surface area contributed by atoms with Gasteiger partial charge in [0.05, 0.1) is 31.7 Å². The summed E-state index contributed by atoms with van der Waals surface area (Å²) in [6.45, 7) is 4.88. The standard InChI is InChI=1S/C31H36F3N5O5/c1-20-5-4-14-39(18-20)30-37-27(31(32,33)34)26(44-30)28(40)36-23-10-11-25(35-17-23)38-15-12-24(13-16-38)43-19-21-6-3-7-22(9-8-21)29(41)42-2/h3,6,8-11,17,20,24H,4-5,7,12-16,18-19H2,1-2H3,(H,36,40). The summed E-state index contributed by atoms with van der Waals surface area (Å²) in [6.07, 6.45) is 7.98. The first-order chi connectivity index (χ1) is 21.1. The van der Waals surface area contributed by atoms with Crippen LogP contribution >= 0.6 is 0 Å². The number of halogens is 3. The Balaban J connectivity index is 1.14. The molecule has 1 unspecified atom stereocenters. The molecule has 13 heteroatoms. The SMILES string of the molecule is COC(=O)C1=CC=C(COC2CCN(c3ccc(NC(=O)c4oc(N5CCCC(C)C5)nc4C(F)(F)F)cn3)CC2)C=CC1. The van der Waals surface area contributed by atoms with Gasteiger partial charge in [0.15, 0.2) is 5.69 Å². The van der Waals surface area contributed by atoms with E-state index in [1.165, 1.54) is 13.3 Å². The first-order valence-electron chi connectivity index (χ1n) is 14.7. The number of allylic oxidation sites excluding steroid dienone is 3. The van der Waals surface area contributed by atoms with Gasteiger partial charge in [-0.05, 0) is 55.7 Å². The van der Waals surface area contributed by atoms with E-state index in [0.717, 1.165) is 31.3 Å². The van der Waals surface area contributed by atoms with Gasteiger partial charge in [-0.25, -0.2) is 9.78 Å². The van der Waals surface area contributed by atoms with Gasteiger partial charge in [0.1, 0.15) is 5.82 Å². The van der Waals surface area contributed by atoms with Crippen LogP contribution in [0.4, 0.5) is 30.7 Å². The van der Waals surface area contributed by atoms with Crippen LogP contribution in [0.1, 0.15) is 55.3 Å². The van der Waals surface area contributed by atoms with Crippen molar-refractivity contribution in [1.82, 2.24) is 9.97 Å². The highest BCUT2D eigenvalue weighted by atomic mass is 19.4. The molecule has 44 heavy (non-hydrogen) atoms. The van der Waals surface area contributed by atoms with E-state index < -0.39 is 23.5 Å². The zero-order chi connectivity index (χ0) is 31.3. The number of amides is 1. The number of nitrogens with zero attached hydrogens (tertiary/aromatic N) is 4. The first kappa shape index (κ1) is 31.3. The molecule has 4 heterocycles. The molecule has 236 valence electrons. The smallest absolute Gasteiger partial charge is 0.437 e. The van der Waals surface area contributed by atoms with E-state index >= 15 is 0 Å². The van der Waals surface area contributed by atoms with Crippen molar-refractivity contribution in [1.29, 1.82) is 0 Å². The number of aromatic nitrogens is 2. The Labute approximate surface area is 253 Å². The van der Waals surface area contributed by atoms with Crippen LogP contribution in [0.15, 0.2) is 58.2 Å². The maximum Gasteiger partial charge on any atom is 0.437 e. The van der Waals surface area contributed by atoms with E-state index in [0.29, 0.717) is 50.6 Å². The van der Waals surface area contributed by atoms with Crippen molar-refractivity contribution in [2.24, 2.45) is 5.92 Å². The van der Waals surface area contributed by atoms with Crippen LogP contribution in [0, 0.1) is 5.92 Å². The molecule has 2 saturated heterocycles. The van der Waals surface area contributed by atoms with E-state index in [9.17, 15) is 22.8 Å². The van der Waals surface area contributed by atoms with E-state index in [2.05, 4.69) is 20.2 Å². The third kappa shape index (κ3) is 7.68. The molecule has 0 aromatic carbocycles. The summed E-state index contributed by atoms with van der Waals surface area (Å²) in [5, 5.41) is 2.46. The Kier molecular flexibility index (Phi) is 9.72. The van der Waals surface area contributed by atoms with Gasteiger partial charge < -0.3 is 29.0 Å². The second-order valence-electron chi connectivity index (χ2n) is 11.3. The van der Waals surface area contributed by atoms with E-state index in [1.807, 2.05) is 25.2 Å². The van der Waals surface area contributed by atoms with Crippen molar-refractivity contribution in [2.75, 3.05) is 55.0 Å². The molecule has 1 atom stereocenters. The topological polar surface area (TPSA) is 110 Å². The predicted octanol–water partition coefficient (Wildman–Crippen LogP) is 5.55. The van der Waals surface area contributed by atoms with E-state index in [1.54, 1.807) is 23.1 Å². The molecule has 0 spiro atoms. The fraction of sp³-hybridized carbons (Fsp3) is 0.484. The summed E-state index contributed by atoms with van der Waals surface area (Å²) in [5.74, 6) is -1.27. The Morgan fingerprint density at radius 2 is 1.91 bits per heavy atom. The molecule has 2 fully saturated rings. The number of oxazole rings is 1. The van der Waals surface area contributed by atoms with Gasteiger partial charge in [0.25, 0.3) is 11.9 Å². The second kappa shape index (κ2) is 13.7. The zero-order valence-electron chi connectivity index (χ0n) is 24.7. The highest BCUT2D eigenvalue weighted by molar-refractivity contribution is 6.03. The summed E-state index contributed by atoms with van der Waals surface area (Å²) >= 11 is 0. The molecule has 5 rings (SSSR count). The molecule has 3 aliphatic rings. The summed E-state index contributed by atoms with van der Waals surface area (Å²) < 4.78 is 57.5. The molecule has 1 N–H and O–H groups in total. The zero-order valence-corrected chi connectivity index (χ0v) is 24.7. The average molecular weight is 616 g/mol. The number of pyridine rings is 1. The maximum absolute atomic E-state index is 13.7. The van der Waals surface area contributed by atoms with Crippen molar-refractivity contribution in [3.05, 3.63) is 65.2 Å². The van der Waals surface area contributed by atoms with Crippen LogP contribution in [0.25, 0.3) is 0 Å². The van der Waals surface area contributed by atoms with Crippen LogP contribution in [0.2, 0.25) is 0 Å². The maximum atomic E-state index is 13.7. The van der Waals surface area contributed by atoms with Gasteiger partial charge in [-0.2, -0.15) is 18.2 Å². The number of nitrogens with one attached hydrogen (secondary N) is 1. The van der Waals surface area contributed by atoms with Crippen LogP contribution in [0.5, 0.6) is 0 Å². The molecule has 0 radical (unpaired) electrons. The molecule has 2 aromatic heterocycles. The number of esters is 1. The van der Waals surface area contributed by atoms with Crippen LogP contribution in [-0.4, -0.2) is 67.8 Å². The van der Waals surface area contributed by atoms with Gasteiger partial charge in [-0.3, -0.25) is 4.79 Å². The minimum Gasteiger partial charge on any atom is -0.466 e. The summed E-state index contributed by atoms with van der Waals surface area (Å²) in [7, 11) is 1.36. The Morgan fingerprint density at radius 3 is 2.59 bits per heavy atom. The summed E-state index contributed by atoms with van der Waals surface area (Å²) in [6, 6.07) is 3.12. The van der Waals surface area contributed by atoms with Gasteiger partial charge in [0, 0.05) is 31.8 Å². The minimum atomic E-state index is -4.85. The Morgan fingerprint density at radius 1 is 1.11 bits per heavy atom. The number of piperidine rings is 2. The number of methoxy groups -OCH3 is 1. The highest BCUT2D eigenvalue weighted by Gasteiger charge is 2.42. The minimum absolute atomic E-state index is 0.0641. The Bertz CT molecular complexity index is 1430. The number of carbonyl (C=O) groups is 2. The molecule has 2 aliphatic heterocycles. The molecule has 1 amide bonds. The third-order valence-electron chi connectivity index (χ3n) is 7.89. The predicted molar refractivity (Wildman–Crippen MR) is 157 cm³/mol. The number of rotatable bonds is 8. The van der Waals surface area contributed by atoms with Gasteiger partial charge in [0.2, 0.25) is 5.76 Å². The fourth-order valence-electron chi connectivity index (χ4n) is 5.50. The monoisotopic (exact) mass is 615 g/mol. The molecule has 2 aromatic rings. The third-order valence-corrected chi connectivity index (χ3v) is 7.89. The van der Waals surface area contributed by atoms with Crippen LogP contribution in [0.3, 0.4) is 0 Å². The summed E-state index contributed by atoms with van der Waals surface area (Å²) in [4.78, 5) is 36.4. The number of ether oxygens (including phenoxy) is 2. The number of hydrogen-bond acceptors (Lipinski definition) is 9. The van der Waals surface area contributed by atoms with Crippen molar-refractivity contribution in [2.45, 2.75) is 51.3 Å². The van der Waals surface area contributed by atoms with Gasteiger partial charge in [-0.1, -0.05) is 31.2 Å². The molecule has 0 saturated carbocycles. The van der Waals surface area contributed by atoms with Gasteiger partial charge >= 0.3 is 12.1 Å². The quantitative estimate of drug-likeness (QED) is 0.383. The number of alkyl halides is 3. The average Bonchev–Trinajstić information content (AvgIpc) is 3.35. The van der Waals surface area contributed by atoms with Crippen LogP contribution in [-0.2, 0) is 20.4 Å².